The largest absolute Gasteiger partial charge is 0.497 e. The molecule has 1 aliphatic rings. The van der Waals surface area contributed by atoms with Crippen LogP contribution in [0.1, 0.15) is 24.3 Å². The fourth-order valence-electron chi connectivity index (χ4n) is 5.13. The highest BCUT2D eigenvalue weighted by atomic mass is 32.2. The third-order valence-corrected chi connectivity index (χ3v) is 8.94. The number of aromatic nitrogens is 3. The molecule has 1 atom stereocenters. The van der Waals surface area contributed by atoms with Crippen molar-refractivity contribution in [2.75, 3.05) is 12.4 Å². The van der Waals surface area contributed by atoms with Gasteiger partial charge in [-0.05, 0) is 72.8 Å². The van der Waals surface area contributed by atoms with E-state index in [1.54, 1.807) is 24.7 Å². The first-order chi connectivity index (χ1) is 21.5. The Morgan fingerprint density at radius 3 is 2.70 bits per heavy atom. The molecule has 0 saturated heterocycles. The Bertz CT molecular complexity index is 2210. The minimum Gasteiger partial charge on any atom is -0.497 e. The highest BCUT2D eigenvalue weighted by Gasteiger charge is 2.32. The smallest absolute Gasteiger partial charge is 0.271 e. The molecule has 0 spiro atoms. The number of nitrogens with zero attached hydrogens (tertiary/aromatic N) is 3. The van der Waals surface area contributed by atoms with Gasteiger partial charge in [-0.25, -0.2) is 9.98 Å². The molecule has 0 aliphatic carbocycles. The molecule has 6 aromatic rings. The van der Waals surface area contributed by atoms with Crippen molar-refractivity contribution in [3.63, 3.8) is 0 Å². The van der Waals surface area contributed by atoms with Crippen LogP contribution in [-0.2, 0) is 4.79 Å². The molecule has 0 saturated carbocycles. The van der Waals surface area contributed by atoms with E-state index in [1.807, 2.05) is 91.0 Å². The molecule has 7 rings (SSSR count). The van der Waals surface area contributed by atoms with E-state index in [0.717, 1.165) is 16.6 Å². The zero-order valence-electron chi connectivity index (χ0n) is 23.6. The first-order valence-corrected chi connectivity index (χ1v) is 15.4. The number of hydrogen-bond acceptors (Lipinski definition) is 8. The molecule has 3 aromatic heterocycles. The normalized spacial score (nSPS) is 14.9. The summed E-state index contributed by atoms with van der Waals surface area (Å²) in [6.07, 6.45) is 1.71. The van der Waals surface area contributed by atoms with Crippen LogP contribution >= 0.6 is 23.1 Å². The van der Waals surface area contributed by atoms with Gasteiger partial charge >= 0.3 is 0 Å². The van der Waals surface area contributed by atoms with Gasteiger partial charge in [0.05, 0.1) is 40.0 Å². The van der Waals surface area contributed by atoms with Gasteiger partial charge in [-0.2, -0.15) is 0 Å². The van der Waals surface area contributed by atoms with Gasteiger partial charge in [-0.3, -0.25) is 14.2 Å². The van der Waals surface area contributed by atoms with Crippen molar-refractivity contribution in [3.8, 4) is 5.75 Å². The summed E-state index contributed by atoms with van der Waals surface area (Å²) in [5.41, 5.74) is 3.83. The van der Waals surface area contributed by atoms with Crippen LogP contribution in [0.2, 0.25) is 0 Å². The van der Waals surface area contributed by atoms with Crippen molar-refractivity contribution < 1.29 is 13.9 Å². The number of thiazole rings is 1. The van der Waals surface area contributed by atoms with Gasteiger partial charge in [-0.15, -0.1) is 0 Å². The number of benzene rings is 3. The Morgan fingerprint density at radius 2 is 1.89 bits per heavy atom. The number of anilines is 1. The Labute approximate surface area is 259 Å². The van der Waals surface area contributed by atoms with Gasteiger partial charge in [0.15, 0.2) is 15.1 Å². The molecular formula is C33H25N5O4S2. The highest BCUT2D eigenvalue weighted by molar-refractivity contribution is 7.99. The first kappa shape index (κ1) is 27.7. The second-order valence-corrected chi connectivity index (χ2v) is 12.0. The molecule has 0 fully saturated rings. The lowest BCUT2D eigenvalue weighted by molar-refractivity contribution is -0.113. The number of methoxy groups -OCH3 is 1. The summed E-state index contributed by atoms with van der Waals surface area (Å²) in [5, 5.41) is 4.31. The molecule has 0 unspecified atom stereocenters. The lowest BCUT2D eigenvalue weighted by Crippen LogP contribution is -2.40. The lowest BCUT2D eigenvalue weighted by Gasteiger charge is -2.25. The third-order valence-electron chi connectivity index (χ3n) is 7.15. The monoisotopic (exact) mass is 619 g/mol. The number of furan rings is 1. The quantitative estimate of drug-likeness (QED) is 0.244. The number of para-hydroxylation sites is 3. The second kappa shape index (κ2) is 11.5. The van der Waals surface area contributed by atoms with Gasteiger partial charge < -0.3 is 19.5 Å². The van der Waals surface area contributed by atoms with E-state index in [1.165, 1.54) is 23.1 Å². The second-order valence-electron chi connectivity index (χ2n) is 10.00. The molecule has 1 amide bonds. The number of hydrogen-bond donors (Lipinski definition) is 2. The van der Waals surface area contributed by atoms with E-state index in [4.69, 9.17) is 14.1 Å². The molecule has 3 aromatic carbocycles. The summed E-state index contributed by atoms with van der Waals surface area (Å²) < 4.78 is 13.5. The van der Waals surface area contributed by atoms with Crippen molar-refractivity contribution in [2.45, 2.75) is 23.2 Å². The van der Waals surface area contributed by atoms with E-state index >= 15 is 0 Å². The van der Waals surface area contributed by atoms with Gasteiger partial charge in [0.2, 0.25) is 0 Å². The van der Waals surface area contributed by atoms with Gasteiger partial charge in [0.25, 0.3) is 11.5 Å². The van der Waals surface area contributed by atoms with Gasteiger partial charge in [0.1, 0.15) is 11.5 Å². The number of nitrogens with one attached hydrogen (secondary N) is 2. The molecule has 11 heteroatoms. The number of carbonyl (C=O) groups is 1. The maximum Gasteiger partial charge on any atom is 0.271 e. The van der Waals surface area contributed by atoms with E-state index in [9.17, 15) is 9.59 Å². The standard InChI is InChI=1S/C33H25N5O4S2/c1-19-28(30(39)35-21-10-4-3-5-11-21)29(20-9-8-12-22(17-20)41-2)38-31(40)26(43-33(38)34-19)18-23-15-16-27(42-23)44-32-36-24-13-6-7-14-25(24)37-32/h3-18,29H,1-2H3,(H,35,39)(H,36,37)/b26-18+/t29-/m1/s1. The number of aromatic amines is 1. The van der Waals surface area contributed by atoms with Crippen molar-refractivity contribution in [1.29, 1.82) is 0 Å². The Kier molecular flexibility index (Phi) is 7.24. The summed E-state index contributed by atoms with van der Waals surface area (Å²) in [6, 6.07) is 27.3. The predicted molar refractivity (Wildman–Crippen MR) is 171 cm³/mol. The van der Waals surface area contributed by atoms with Crippen LogP contribution < -0.4 is 24.9 Å². The van der Waals surface area contributed by atoms with E-state index < -0.39 is 6.04 Å². The molecule has 0 radical (unpaired) electrons. The third kappa shape index (κ3) is 5.27. The molecule has 9 nitrogen and oxygen atoms in total. The average Bonchev–Trinajstić information content (AvgIpc) is 3.74. The number of fused-ring (bicyclic) bond motifs is 2. The van der Waals surface area contributed by atoms with Gasteiger partial charge in [0, 0.05) is 11.8 Å². The Balaban J connectivity index is 1.27. The van der Waals surface area contributed by atoms with Crippen LogP contribution in [0, 0.1) is 0 Å². The maximum atomic E-state index is 14.0. The Hall–Kier alpha value is -5.13. The summed E-state index contributed by atoms with van der Waals surface area (Å²) >= 11 is 2.62. The molecule has 218 valence electrons. The molecule has 44 heavy (non-hydrogen) atoms. The van der Waals surface area contributed by atoms with Crippen molar-refractivity contribution in [3.05, 3.63) is 133 Å². The number of allylic oxidation sites excluding steroid dienone is 1. The summed E-state index contributed by atoms with van der Waals surface area (Å²) in [4.78, 5) is 40.8. The van der Waals surface area contributed by atoms with E-state index in [2.05, 4.69) is 15.3 Å². The minimum absolute atomic E-state index is 0.276. The predicted octanol–water partition coefficient (Wildman–Crippen LogP) is 5.50. The highest BCUT2D eigenvalue weighted by Crippen LogP contribution is 2.33. The molecule has 1 aliphatic heterocycles. The number of carbonyl (C=O) groups excluding carboxylic acids is 1. The van der Waals surface area contributed by atoms with E-state index in [0.29, 0.717) is 48.0 Å². The summed E-state index contributed by atoms with van der Waals surface area (Å²) in [7, 11) is 1.58. The van der Waals surface area contributed by atoms with Crippen molar-refractivity contribution in [1.82, 2.24) is 14.5 Å². The van der Waals surface area contributed by atoms with Crippen molar-refractivity contribution in [2.24, 2.45) is 4.99 Å². The van der Waals surface area contributed by atoms with Crippen LogP contribution in [0.4, 0.5) is 5.69 Å². The van der Waals surface area contributed by atoms with Crippen LogP contribution in [0.5, 0.6) is 5.75 Å². The topological polar surface area (TPSA) is 115 Å². The Morgan fingerprint density at radius 1 is 1.07 bits per heavy atom. The number of H-pyrrole nitrogens is 1. The number of imidazole rings is 1. The number of ether oxygens (including phenoxy) is 1. The lowest BCUT2D eigenvalue weighted by atomic mass is 9.95. The first-order valence-electron chi connectivity index (χ1n) is 13.7. The van der Waals surface area contributed by atoms with E-state index in [-0.39, 0.29) is 11.5 Å². The van der Waals surface area contributed by atoms with Gasteiger partial charge in [-0.1, -0.05) is 53.8 Å². The molecule has 2 N–H and O–H groups in total. The maximum absolute atomic E-state index is 14.0. The zero-order valence-corrected chi connectivity index (χ0v) is 25.2. The van der Waals surface area contributed by atoms with Crippen molar-refractivity contribution >= 4 is 51.8 Å². The summed E-state index contributed by atoms with van der Waals surface area (Å²) in [5.74, 6) is 0.801. The van der Waals surface area contributed by atoms with Crippen LogP contribution in [-0.4, -0.2) is 27.6 Å². The van der Waals surface area contributed by atoms with Crippen LogP contribution in [0.15, 0.2) is 127 Å². The van der Waals surface area contributed by atoms with Crippen LogP contribution in [0.25, 0.3) is 17.1 Å². The molecular weight excluding hydrogens is 595 g/mol. The number of amides is 1. The molecule has 4 heterocycles. The number of rotatable bonds is 7. The SMILES string of the molecule is COc1cccc([C@@H]2C(C(=O)Nc3ccccc3)=C(C)N=c3s/c(=C/c4ccc(Sc5nc6ccccc6[nH]5)o4)c(=O)n32)c1. The van der Waals surface area contributed by atoms with Crippen LogP contribution in [0.3, 0.4) is 0 Å². The molecule has 0 bridgehead atoms. The zero-order chi connectivity index (χ0) is 30.2. The minimum atomic E-state index is -0.719. The average molecular weight is 620 g/mol. The summed E-state index contributed by atoms with van der Waals surface area (Å²) in [6.45, 7) is 1.79. The fraction of sp³-hybridized carbons (Fsp3) is 0.0909. The fourth-order valence-corrected chi connectivity index (χ4v) is 6.92.